The molecule has 6 N–H and O–H groups in total. The van der Waals surface area contributed by atoms with E-state index in [4.69, 9.17) is 19.7 Å². The largest absolute Gasteiger partial charge is 0.481 e. The molecule has 0 saturated carbocycles. The smallest absolute Gasteiger partial charge is 0.332 e. The molecule has 0 aromatic carbocycles. The van der Waals surface area contributed by atoms with Gasteiger partial charge in [0, 0.05) is 54.5 Å². The van der Waals surface area contributed by atoms with E-state index in [1.807, 2.05) is 0 Å². The summed E-state index contributed by atoms with van der Waals surface area (Å²) in [5.74, 6) is -3.29. The van der Waals surface area contributed by atoms with Gasteiger partial charge in [-0.15, -0.1) is 0 Å². The first kappa shape index (κ1) is 49.3. The molecular formula is C38H70N2O10Zn. The van der Waals surface area contributed by atoms with Gasteiger partial charge in [-0.2, -0.15) is 0 Å². The molecule has 13 heteroatoms. The van der Waals surface area contributed by atoms with Crippen LogP contribution in [0.3, 0.4) is 0 Å². The summed E-state index contributed by atoms with van der Waals surface area (Å²) >= 11 is 0. The van der Waals surface area contributed by atoms with Gasteiger partial charge in [-0.1, -0.05) is 51.4 Å². The van der Waals surface area contributed by atoms with Gasteiger partial charge in [-0.05, 0) is 107 Å². The van der Waals surface area contributed by atoms with Crippen LogP contribution < -0.4 is 10.6 Å². The molecule has 12 nitrogen and oxygen atoms in total. The van der Waals surface area contributed by atoms with Crippen molar-refractivity contribution in [3.63, 3.8) is 0 Å². The van der Waals surface area contributed by atoms with Crippen molar-refractivity contribution < 1.29 is 68.6 Å². The molecule has 0 aromatic rings. The van der Waals surface area contributed by atoms with Gasteiger partial charge in [0.2, 0.25) is 0 Å². The third-order valence-corrected chi connectivity index (χ3v) is 9.28. The molecule has 2 saturated heterocycles. The van der Waals surface area contributed by atoms with Crippen molar-refractivity contribution in [2.75, 3.05) is 0 Å². The van der Waals surface area contributed by atoms with Crippen LogP contribution >= 0.6 is 0 Å². The molecule has 0 aliphatic carbocycles. The van der Waals surface area contributed by atoms with Crippen LogP contribution in [0.4, 0.5) is 0 Å². The number of carboxylic acid groups (broad SMARTS) is 4. The van der Waals surface area contributed by atoms with E-state index in [9.17, 15) is 29.4 Å². The Balaban J connectivity index is 0.000000962. The predicted molar refractivity (Wildman–Crippen MR) is 194 cm³/mol. The van der Waals surface area contributed by atoms with Crippen molar-refractivity contribution >= 4 is 23.9 Å². The maximum atomic E-state index is 11.5. The summed E-state index contributed by atoms with van der Waals surface area (Å²) in [6.45, 7) is 17.0. The van der Waals surface area contributed by atoms with Gasteiger partial charge < -0.3 is 40.5 Å². The SMILES string of the molecule is CC1(C)CC(OC(CCCCCCCC(=O)O)C(=O)O)CC(C)(C)N1.CC1(C)CC(OC(CCCCCCCC(=O)O)C(=O)O)CC(C)(C)N1.[Zn]. The Kier molecular flexibility index (Phi) is 22.4. The molecular weight excluding hydrogens is 710 g/mol. The molecule has 0 spiro atoms. The monoisotopic (exact) mass is 778 g/mol. The molecule has 0 amide bonds. The number of carboxylic acids is 4. The molecule has 51 heavy (non-hydrogen) atoms. The van der Waals surface area contributed by atoms with Crippen molar-refractivity contribution in [2.24, 2.45) is 0 Å². The van der Waals surface area contributed by atoms with E-state index in [1.54, 1.807) is 0 Å². The molecule has 0 aromatic heterocycles. The van der Waals surface area contributed by atoms with Crippen LogP contribution in [0.25, 0.3) is 0 Å². The molecule has 2 aliphatic rings. The molecule has 2 fully saturated rings. The fraction of sp³-hybridized carbons (Fsp3) is 0.895. The van der Waals surface area contributed by atoms with E-state index in [-0.39, 0.29) is 66.7 Å². The van der Waals surface area contributed by atoms with Gasteiger partial charge in [0.1, 0.15) is 0 Å². The summed E-state index contributed by atoms with van der Waals surface area (Å²) in [5.41, 5.74) is -0.279. The molecule has 2 heterocycles. The minimum Gasteiger partial charge on any atom is -0.481 e. The third kappa shape index (κ3) is 23.6. The van der Waals surface area contributed by atoms with Crippen LogP contribution in [0.1, 0.15) is 171 Å². The number of ether oxygens (including phenoxy) is 2. The van der Waals surface area contributed by atoms with E-state index in [0.29, 0.717) is 25.7 Å². The van der Waals surface area contributed by atoms with Crippen LogP contribution in [-0.4, -0.2) is 90.9 Å². The van der Waals surface area contributed by atoms with E-state index in [1.165, 1.54) is 0 Å². The zero-order chi connectivity index (χ0) is 38.2. The van der Waals surface area contributed by atoms with Gasteiger partial charge in [-0.25, -0.2) is 9.59 Å². The molecule has 2 unspecified atom stereocenters. The summed E-state index contributed by atoms with van der Waals surface area (Å²) in [7, 11) is 0. The number of carbonyl (C=O) groups is 4. The predicted octanol–water partition coefficient (Wildman–Crippen LogP) is 7.16. The van der Waals surface area contributed by atoms with Crippen LogP contribution in [-0.2, 0) is 48.1 Å². The number of nitrogens with one attached hydrogen (secondary N) is 2. The molecule has 2 atom stereocenters. The number of aliphatic carboxylic acids is 4. The number of unbranched alkanes of at least 4 members (excludes halogenated alkanes) is 8. The molecule has 2 aliphatic heterocycles. The Morgan fingerprint density at radius 1 is 0.510 bits per heavy atom. The van der Waals surface area contributed by atoms with Crippen LogP contribution in [0.5, 0.6) is 0 Å². The van der Waals surface area contributed by atoms with E-state index < -0.39 is 36.1 Å². The zero-order valence-electron chi connectivity index (χ0n) is 33.0. The Morgan fingerprint density at radius 2 is 0.765 bits per heavy atom. The van der Waals surface area contributed by atoms with Crippen LogP contribution in [0.15, 0.2) is 0 Å². The second-order valence-electron chi connectivity index (χ2n) is 17.2. The molecule has 0 bridgehead atoms. The maximum Gasteiger partial charge on any atom is 0.332 e. The summed E-state index contributed by atoms with van der Waals surface area (Å²) in [4.78, 5) is 44.0. The first-order valence-corrected chi connectivity index (χ1v) is 18.8. The Labute approximate surface area is 319 Å². The summed E-state index contributed by atoms with van der Waals surface area (Å²) < 4.78 is 11.9. The fourth-order valence-electron chi connectivity index (χ4n) is 7.89. The van der Waals surface area contributed by atoms with Crippen molar-refractivity contribution in [3.8, 4) is 0 Å². The van der Waals surface area contributed by atoms with E-state index in [0.717, 1.165) is 77.0 Å². The quantitative estimate of drug-likeness (QED) is 0.0481. The summed E-state index contributed by atoms with van der Waals surface area (Å²) in [6.07, 6.45) is 11.4. The minimum absolute atomic E-state index is 0. The topological polar surface area (TPSA) is 192 Å². The Bertz CT molecular complexity index is 951. The van der Waals surface area contributed by atoms with Gasteiger partial charge in [-0.3, -0.25) is 9.59 Å². The minimum atomic E-state index is -0.889. The number of hydrogen-bond donors (Lipinski definition) is 6. The number of piperidine rings is 2. The number of hydrogen-bond acceptors (Lipinski definition) is 8. The normalized spacial score (nSPS) is 20.5. The van der Waals surface area contributed by atoms with E-state index >= 15 is 0 Å². The molecule has 294 valence electrons. The average Bonchev–Trinajstić information content (AvgIpc) is 2.91. The first-order valence-electron chi connectivity index (χ1n) is 18.8. The Morgan fingerprint density at radius 3 is 1.02 bits per heavy atom. The Hall–Kier alpha value is -1.66. The van der Waals surface area contributed by atoms with Crippen LogP contribution in [0, 0.1) is 0 Å². The molecule has 0 radical (unpaired) electrons. The van der Waals surface area contributed by atoms with Crippen molar-refractivity contribution in [2.45, 2.75) is 218 Å². The van der Waals surface area contributed by atoms with E-state index in [2.05, 4.69) is 66.0 Å². The summed E-state index contributed by atoms with van der Waals surface area (Å²) in [6, 6.07) is 0. The van der Waals surface area contributed by atoms with Crippen molar-refractivity contribution in [1.82, 2.24) is 10.6 Å². The van der Waals surface area contributed by atoms with Gasteiger partial charge in [0.05, 0.1) is 12.2 Å². The zero-order valence-corrected chi connectivity index (χ0v) is 35.9. The summed E-state index contributed by atoms with van der Waals surface area (Å²) in [5, 5.41) is 43.3. The number of rotatable bonds is 22. The average molecular weight is 780 g/mol. The fourth-order valence-corrected chi connectivity index (χ4v) is 7.89. The first-order chi connectivity index (χ1) is 23.0. The standard InChI is InChI=1S/2C19H35NO5.Zn/c2*1-18(2)12-14(13-19(3,4)20-18)25-15(17(23)24)10-8-6-5-7-9-11-16(21)22;/h2*14-15,20H,5-13H2,1-4H3,(H,21,22)(H,23,24);. The second-order valence-corrected chi connectivity index (χ2v) is 17.2. The van der Waals surface area contributed by atoms with Gasteiger partial charge in [0.25, 0.3) is 0 Å². The van der Waals surface area contributed by atoms with Crippen LogP contribution in [0.2, 0.25) is 0 Å². The third-order valence-electron chi connectivity index (χ3n) is 9.28. The maximum absolute atomic E-state index is 11.5. The van der Waals surface area contributed by atoms with Crippen molar-refractivity contribution in [3.05, 3.63) is 0 Å². The van der Waals surface area contributed by atoms with Crippen molar-refractivity contribution in [1.29, 1.82) is 0 Å². The second kappa shape index (κ2) is 23.2. The van der Waals surface area contributed by atoms with Gasteiger partial charge in [0.15, 0.2) is 12.2 Å². The molecule has 2 rings (SSSR count). The van der Waals surface area contributed by atoms with Gasteiger partial charge >= 0.3 is 23.9 Å².